The minimum Gasteiger partial charge on any atom is -0.484 e. The predicted octanol–water partition coefficient (Wildman–Crippen LogP) is 4.31. The van der Waals surface area contributed by atoms with E-state index >= 15 is 0 Å². The second-order valence-electron chi connectivity index (χ2n) is 7.74. The van der Waals surface area contributed by atoms with Crippen LogP contribution in [0.3, 0.4) is 0 Å². The van der Waals surface area contributed by atoms with E-state index in [1.807, 2.05) is 6.92 Å². The number of rotatable bonds is 7. The van der Waals surface area contributed by atoms with Crippen molar-refractivity contribution < 1.29 is 27.1 Å². The number of sulfonamides is 1. The van der Waals surface area contributed by atoms with Gasteiger partial charge in [0, 0.05) is 18.0 Å². The van der Waals surface area contributed by atoms with Crippen LogP contribution in [-0.4, -0.2) is 40.2 Å². The summed E-state index contributed by atoms with van der Waals surface area (Å²) in [5.74, 6) is -1.26. The van der Waals surface area contributed by atoms with Gasteiger partial charge >= 0.3 is 0 Å². The Morgan fingerprint density at radius 2 is 2.00 bits per heavy atom. The summed E-state index contributed by atoms with van der Waals surface area (Å²) < 4.78 is 53.9. The van der Waals surface area contributed by atoms with Gasteiger partial charge in [-0.3, -0.25) is 9.10 Å². The van der Waals surface area contributed by atoms with E-state index in [-0.39, 0.29) is 45.8 Å². The molecular formula is C24H23ClFN3O5S. The quantitative estimate of drug-likeness (QED) is 0.450. The zero-order valence-electron chi connectivity index (χ0n) is 18.7. The van der Waals surface area contributed by atoms with Crippen molar-refractivity contribution in [3.63, 3.8) is 0 Å². The molecule has 1 atom stereocenters. The van der Waals surface area contributed by atoms with Gasteiger partial charge in [0.15, 0.2) is 0 Å². The Labute approximate surface area is 207 Å². The Kier molecular flexibility index (Phi) is 7.15. The number of carbonyl (C=O) groups is 1. The van der Waals surface area contributed by atoms with Gasteiger partial charge in [-0.2, -0.15) is 0 Å². The van der Waals surface area contributed by atoms with E-state index in [0.717, 1.165) is 6.07 Å². The van der Waals surface area contributed by atoms with E-state index in [0.29, 0.717) is 12.3 Å². The molecule has 35 heavy (non-hydrogen) atoms. The van der Waals surface area contributed by atoms with Gasteiger partial charge in [0.25, 0.3) is 15.9 Å². The lowest BCUT2D eigenvalue weighted by molar-refractivity contribution is 0.0577. The van der Waals surface area contributed by atoms with Gasteiger partial charge < -0.3 is 20.5 Å². The predicted molar refractivity (Wildman–Crippen MR) is 132 cm³/mol. The lowest BCUT2D eigenvalue weighted by Crippen LogP contribution is -2.45. The number of nitrogen functional groups attached to an aromatic ring is 1. The van der Waals surface area contributed by atoms with Crippen LogP contribution in [0.25, 0.3) is 0 Å². The molecule has 4 rings (SSSR count). The van der Waals surface area contributed by atoms with Crippen LogP contribution in [0, 0.1) is 5.82 Å². The number of anilines is 3. The number of hydrogen-bond acceptors (Lipinski definition) is 6. The number of nitrogens with two attached hydrogens (primary N) is 1. The lowest BCUT2D eigenvalue weighted by Gasteiger charge is -2.35. The fourth-order valence-electron chi connectivity index (χ4n) is 3.66. The summed E-state index contributed by atoms with van der Waals surface area (Å²) >= 11 is 6.00. The molecule has 0 fully saturated rings. The van der Waals surface area contributed by atoms with Crippen molar-refractivity contribution in [2.45, 2.75) is 17.9 Å². The van der Waals surface area contributed by atoms with Gasteiger partial charge in [-0.05, 0) is 55.5 Å². The van der Waals surface area contributed by atoms with E-state index in [9.17, 15) is 17.6 Å². The zero-order valence-corrected chi connectivity index (χ0v) is 20.3. The van der Waals surface area contributed by atoms with E-state index in [1.54, 1.807) is 12.1 Å². The van der Waals surface area contributed by atoms with E-state index < -0.39 is 27.9 Å². The lowest BCUT2D eigenvalue weighted by atomic mass is 10.1. The van der Waals surface area contributed by atoms with Crippen molar-refractivity contribution >= 4 is 44.6 Å². The largest absolute Gasteiger partial charge is 0.484 e. The first-order valence-electron chi connectivity index (χ1n) is 10.7. The van der Waals surface area contributed by atoms with Crippen LogP contribution in [0.2, 0.25) is 5.02 Å². The Balaban J connectivity index is 1.72. The third-order valence-electron chi connectivity index (χ3n) is 5.29. The summed E-state index contributed by atoms with van der Waals surface area (Å²) in [6.45, 7) is 2.43. The number of carbonyl (C=O) groups excluding carboxylic acids is 1. The van der Waals surface area contributed by atoms with E-state index in [4.69, 9.17) is 26.8 Å². The number of amides is 1. The van der Waals surface area contributed by atoms with Crippen LogP contribution in [0.1, 0.15) is 17.3 Å². The van der Waals surface area contributed by atoms with Gasteiger partial charge in [-0.1, -0.05) is 23.7 Å². The van der Waals surface area contributed by atoms with Crippen molar-refractivity contribution in [2.75, 3.05) is 35.1 Å². The average molecular weight is 520 g/mol. The average Bonchev–Trinajstić information content (AvgIpc) is 2.82. The normalized spacial score (nSPS) is 15.3. The smallest absolute Gasteiger partial charge is 0.264 e. The first kappa shape index (κ1) is 24.8. The molecule has 1 unspecified atom stereocenters. The second-order valence-corrected chi connectivity index (χ2v) is 10.0. The standard InChI is InChI=1S/C24H23ClFN3O5S/c1-2-33-14-17-13-29(35(31,32)18-6-3-5-15(27)11-18)21-12-16(9-10-22(21)34-17)28-24(30)23-19(25)7-4-8-20(23)26/h3-12,17H,2,13-14,27H2,1H3,(H,28,30). The molecule has 0 aliphatic carbocycles. The number of nitrogens with zero attached hydrogens (tertiary/aromatic N) is 1. The topological polar surface area (TPSA) is 111 Å². The van der Waals surface area contributed by atoms with Crippen LogP contribution in [0.15, 0.2) is 65.6 Å². The SMILES string of the molecule is CCOCC1CN(S(=O)(=O)c2cccc(N)c2)c2cc(NC(=O)c3c(F)cccc3Cl)ccc2O1. The number of halogens is 2. The van der Waals surface area contributed by atoms with Crippen molar-refractivity contribution in [3.05, 3.63) is 77.1 Å². The highest BCUT2D eigenvalue weighted by atomic mass is 35.5. The number of nitrogens with one attached hydrogen (secondary N) is 1. The number of benzene rings is 3. The number of ether oxygens (including phenoxy) is 2. The molecule has 8 nitrogen and oxygen atoms in total. The second kappa shape index (κ2) is 10.1. The molecule has 0 aromatic heterocycles. The summed E-state index contributed by atoms with van der Waals surface area (Å²) in [7, 11) is -4.04. The third-order valence-corrected chi connectivity index (χ3v) is 7.38. The molecule has 3 aromatic rings. The molecule has 1 aliphatic heterocycles. The molecule has 1 amide bonds. The van der Waals surface area contributed by atoms with Crippen LogP contribution < -0.4 is 20.1 Å². The maximum absolute atomic E-state index is 14.2. The van der Waals surface area contributed by atoms with Crippen LogP contribution in [-0.2, 0) is 14.8 Å². The van der Waals surface area contributed by atoms with Gasteiger partial charge in [-0.25, -0.2) is 12.8 Å². The third kappa shape index (κ3) is 5.19. The molecule has 0 radical (unpaired) electrons. The Bertz CT molecular complexity index is 1350. The van der Waals surface area contributed by atoms with Crippen LogP contribution in [0.5, 0.6) is 5.75 Å². The Morgan fingerprint density at radius 1 is 1.23 bits per heavy atom. The molecule has 0 spiro atoms. The van der Waals surface area contributed by atoms with Crippen molar-refractivity contribution in [1.82, 2.24) is 0 Å². The summed E-state index contributed by atoms with van der Waals surface area (Å²) in [6.07, 6.45) is -0.559. The molecular weight excluding hydrogens is 497 g/mol. The summed E-state index contributed by atoms with van der Waals surface area (Å²) in [4.78, 5) is 12.7. The zero-order chi connectivity index (χ0) is 25.2. The molecule has 3 aromatic carbocycles. The highest BCUT2D eigenvalue weighted by Gasteiger charge is 2.35. The summed E-state index contributed by atoms with van der Waals surface area (Å²) in [5.41, 5.74) is 6.23. The maximum atomic E-state index is 14.2. The highest BCUT2D eigenvalue weighted by molar-refractivity contribution is 7.92. The van der Waals surface area contributed by atoms with Crippen molar-refractivity contribution in [1.29, 1.82) is 0 Å². The molecule has 0 saturated carbocycles. The van der Waals surface area contributed by atoms with Gasteiger partial charge in [0.2, 0.25) is 0 Å². The first-order valence-corrected chi connectivity index (χ1v) is 12.5. The maximum Gasteiger partial charge on any atom is 0.264 e. The monoisotopic (exact) mass is 519 g/mol. The molecule has 0 bridgehead atoms. The van der Waals surface area contributed by atoms with Gasteiger partial charge in [-0.15, -0.1) is 0 Å². The molecule has 11 heteroatoms. The molecule has 1 heterocycles. The van der Waals surface area contributed by atoms with E-state index in [2.05, 4.69) is 5.32 Å². The van der Waals surface area contributed by atoms with Crippen LogP contribution in [0.4, 0.5) is 21.5 Å². The number of fused-ring (bicyclic) bond motifs is 1. The van der Waals surface area contributed by atoms with Crippen molar-refractivity contribution in [2.24, 2.45) is 0 Å². The fraction of sp³-hybridized carbons (Fsp3) is 0.208. The highest BCUT2D eigenvalue weighted by Crippen LogP contribution is 2.39. The summed E-state index contributed by atoms with van der Waals surface area (Å²) in [5, 5.41) is 2.52. The van der Waals surface area contributed by atoms with Gasteiger partial charge in [0.05, 0.1) is 34.3 Å². The minimum atomic E-state index is -4.04. The molecule has 1 aliphatic rings. The Morgan fingerprint density at radius 3 is 2.71 bits per heavy atom. The first-order chi connectivity index (χ1) is 16.7. The molecule has 0 saturated heterocycles. The van der Waals surface area contributed by atoms with Crippen molar-refractivity contribution in [3.8, 4) is 5.75 Å². The molecule has 3 N–H and O–H groups in total. The number of hydrogen-bond donors (Lipinski definition) is 2. The summed E-state index contributed by atoms with van der Waals surface area (Å²) in [6, 6.07) is 14.4. The van der Waals surface area contributed by atoms with E-state index in [1.165, 1.54) is 46.8 Å². The van der Waals surface area contributed by atoms with Crippen LogP contribution >= 0.6 is 11.6 Å². The minimum absolute atomic E-state index is 0.00749. The van der Waals surface area contributed by atoms with Gasteiger partial charge in [0.1, 0.15) is 17.7 Å². The fourth-order valence-corrected chi connectivity index (χ4v) is 5.47. The Hall–Kier alpha value is -3.34. The molecule has 184 valence electrons.